The summed E-state index contributed by atoms with van der Waals surface area (Å²) >= 11 is 0. The van der Waals surface area contributed by atoms with E-state index in [0.717, 1.165) is 34.6 Å². The number of morpholine rings is 1. The Morgan fingerprint density at radius 3 is 2.50 bits per heavy atom. The molecule has 1 fully saturated rings. The maximum absolute atomic E-state index is 6.04. The first-order valence-corrected chi connectivity index (χ1v) is 9.11. The number of para-hydroxylation sites is 1. The number of fused-ring (bicyclic) bond motifs is 1. The number of ether oxygens (including phenoxy) is 4. The summed E-state index contributed by atoms with van der Waals surface area (Å²) in [6, 6.07) is 11.8. The number of hydrogen-bond donors (Lipinski definition) is 0. The van der Waals surface area contributed by atoms with Gasteiger partial charge >= 0.3 is 0 Å². The molecule has 0 N–H and O–H groups in total. The SMILES string of the molecule is COc1cc2ncnc(N3CCOC(c4ccccc4OC)C3)c2cc1OC. The van der Waals surface area contributed by atoms with Gasteiger partial charge in [-0.3, -0.25) is 0 Å². The van der Waals surface area contributed by atoms with Crippen molar-refractivity contribution in [3.05, 3.63) is 48.3 Å². The van der Waals surface area contributed by atoms with Gasteiger partial charge in [-0.2, -0.15) is 0 Å². The van der Waals surface area contributed by atoms with Crippen LogP contribution < -0.4 is 19.1 Å². The van der Waals surface area contributed by atoms with Crippen molar-refractivity contribution >= 4 is 16.7 Å². The number of rotatable bonds is 5. The van der Waals surface area contributed by atoms with Crippen molar-refractivity contribution in [2.45, 2.75) is 6.10 Å². The van der Waals surface area contributed by atoms with Crippen molar-refractivity contribution in [2.24, 2.45) is 0 Å². The molecular weight excluding hydrogens is 358 g/mol. The first-order chi connectivity index (χ1) is 13.7. The lowest BCUT2D eigenvalue weighted by atomic mass is 10.1. The minimum absolute atomic E-state index is 0.102. The number of hydrogen-bond acceptors (Lipinski definition) is 7. The van der Waals surface area contributed by atoms with Crippen molar-refractivity contribution in [3.63, 3.8) is 0 Å². The molecule has 0 saturated carbocycles. The average Bonchev–Trinajstić information content (AvgIpc) is 2.77. The van der Waals surface area contributed by atoms with E-state index in [0.29, 0.717) is 24.7 Å². The highest BCUT2D eigenvalue weighted by Crippen LogP contribution is 2.37. The predicted molar refractivity (Wildman–Crippen MR) is 107 cm³/mol. The molecule has 146 valence electrons. The van der Waals surface area contributed by atoms with E-state index in [9.17, 15) is 0 Å². The second-order valence-corrected chi connectivity index (χ2v) is 6.47. The summed E-state index contributed by atoms with van der Waals surface area (Å²) in [5, 5.41) is 0.917. The summed E-state index contributed by atoms with van der Waals surface area (Å²) in [4.78, 5) is 11.2. The molecule has 1 saturated heterocycles. The normalized spacial score (nSPS) is 16.8. The fraction of sp³-hybridized carbons (Fsp3) is 0.333. The van der Waals surface area contributed by atoms with Crippen molar-refractivity contribution in [2.75, 3.05) is 45.9 Å². The van der Waals surface area contributed by atoms with Crippen molar-refractivity contribution in [3.8, 4) is 17.2 Å². The Balaban J connectivity index is 1.71. The summed E-state index contributed by atoms with van der Waals surface area (Å²) in [7, 11) is 4.92. The van der Waals surface area contributed by atoms with Gasteiger partial charge in [0.15, 0.2) is 11.5 Å². The Bertz CT molecular complexity index is 979. The van der Waals surface area contributed by atoms with Gasteiger partial charge < -0.3 is 23.8 Å². The number of aromatic nitrogens is 2. The van der Waals surface area contributed by atoms with E-state index in [1.54, 1.807) is 27.7 Å². The molecule has 0 bridgehead atoms. The van der Waals surface area contributed by atoms with Crippen LogP contribution in [0.1, 0.15) is 11.7 Å². The first kappa shape index (κ1) is 18.3. The van der Waals surface area contributed by atoms with Gasteiger partial charge in [0.25, 0.3) is 0 Å². The molecule has 2 heterocycles. The molecule has 7 nitrogen and oxygen atoms in total. The van der Waals surface area contributed by atoms with Crippen LogP contribution in [-0.4, -0.2) is 51.0 Å². The number of nitrogens with zero attached hydrogens (tertiary/aromatic N) is 3. The zero-order valence-corrected chi connectivity index (χ0v) is 16.2. The maximum Gasteiger partial charge on any atom is 0.162 e. The molecule has 1 aliphatic rings. The quantitative estimate of drug-likeness (QED) is 0.672. The van der Waals surface area contributed by atoms with Gasteiger partial charge in [-0.15, -0.1) is 0 Å². The average molecular weight is 381 g/mol. The van der Waals surface area contributed by atoms with Gasteiger partial charge in [-0.1, -0.05) is 18.2 Å². The van der Waals surface area contributed by atoms with Crippen molar-refractivity contribution in [1.29, 1.82) is 0 Å². The van der Waals surface area contributed by atoms with Gasteiger partial charge in [-0.05, 0) is 12.1 Å². The molecule has 1 atom stereocenters. The number of benzene rings is 2. The Morgan fingerprint density at radius 2 is 1.71 bits per heavy atom. The monoisotopic (exact) mass is 381 g/mol. The lowest BCUT2D eigenvalue weighted by Gasteiger charge is -2.34. The molecule has 1 aliphatic heterocycles. The third-order valence-electron chi connectivity index (χ3n) is 4.97. The summed E-state index contributed by atoms with van der Waals surface area (Å²) < 4.78 is 22.4. The van der Waals surface area contributed by atoms with E-state index in [-0.39, 0.29) is 6.10 Å². The second kappa shape index (κ2) is 7.90. The van der Waals surface area contributed by atoms with E-state index in [4.69, 9.17) is 18.9 Å². The van der Waals surface area contributed by atoms with Crippen LogP contribution in [0.25, 0.3) is 10.9 Å². The molecule has 0 radical (unpaired) electrons. The van der Waals surface area contributed by atoms with Gasteiger partial charge in [0.05, 0.1) is 40.0 Å². The lowest BCUT2D eigenvalue weighted by Crippen LogP contribution is -2.39. The second-order valence-electron chi connectivity index (χ2n) is 6.47. The summed E-state index contributed by atoms with van der Waals surface area (Å²) in [6.07, 6.45) is 1.48. The third-order valence-corrected chi connectivity index (χ3v) is 4.97. The van der Waals surface area contributed by atoms with E-state index < -0.39 is 0 Å². The van der Waals surface area contributed by atoms with Gasteiger partial charge in [0, 0.05) is 23.6 Å². The van der Waals surface area contributed by atoms with E-state index >= 15 is 0 Å². The number of methoxy groups -OCH3 is 3. The van der Waals surface area contributed by atoms with Gasteiger partial charge in [0.1, 0.15) is 24.0 Å². The van der Waals surface area contributed by atoms with E-state index in [1.165, 1.54) is 0 Å². The molecule has 1 unspecified atom stereocenters. The third kappa shape index (κ3) is 3.29. The molecule has 4 rings (SSSR count). The van der Waals surface area contributed by atoms with Crippen LogP contribution in [0.15, 0.2) is 42.7 Å². The van der Waals surface area contributed by atoms with Crippen LogP contribution >= 0.6 is 0 Å². The highest BCUT2D eigenvalue weighted by atomic mass is 16.5. The zero-order valence-electron chi connectivity index (χ0n) is 16.2. The van der Waals surface area contributed by atoms with Crippen molar-refractivity contribution in [1.82, 2.24) is 9.97 Å². The van der Waals surface area contributed by atoms with Gasteiger partial charge in [-0.25, -0.2) is 9.97 Å². The minimum atomic E-state index is -0.102. The predicted octanol–water partition coefficient (Wildman–Crippen LogP) is 3.23. The van der Waals surface area contributed by atoms with Crippen LogP contribution in [0.2, 0.25) is 0 Å². The Hall–Kier alpha value is -3.06. The molecule has 7 heteroatoms. The summed E-state index contributed by atoms with van der Waals surface area (Å²) in [5.41, 5.74) is 1.84. The fourth-order valence-electron chi connectivity index (χ4n) is 3.58. The highest BCUT2D eigenvalue weighted by Gasteiger charge is 2.26. The molecule has 1 aromatic heterocycles. The summed E-state index contributed by atoms with van der Waals surface area (Å²) in [5.74, 6) is 2.98. The Labute approximate surface area is 163 Å². The van der Waals surface area contributed by atoms with E-state index in [1.807, 2.05) is 36.4 Å². The standard InChI is InChI=1S/C21H23N3O4/c1-25-17-7-5-4-6-14(17)20-12-24(8-9-28-20)21-15-10-18(26-2)19(27-3)11-16(15)22-13-23-21/h4-7,10-11,13,20H,8-9,12H2,1-3H3. The van der Waals surface area contributed by atoms with Crippen LogP contribution in [0, 0.1) is 0 Å². The number of anilines is 1. The molecule has 0 spiro atoms. The van der Waals surface area contributed by atoms with Crippen molar-refractivity contribution < 1.29 is 18.9 Å². The van der Waals surface area contributed by atoms with Crippen LogP contribution in [0.5, 0.6) is 17.2 Å². The van der Waals surface area contributed by atoms with Gasteiger partial charge in [0.2, 0.25) is 0 Å². The Morgan fingerprint density at radius 1 is 0.964 bits per heavy atom. The first-order valence-electron chi connectivity index (χ1n) is 9.11. The zero-order chi connectivity index (χ0) is 19.5. The Kier molecular flexibility index (Phi) is 5.16. The maximum atomic E-state index is 6.04. The molecule has 0 aliphatic carbocycles. The molecule has 2 aromatic carbocycles. The topological polar surface area (TPSA) is 65.9 Å². The lowest BCUT2D eigenvalue weighted by molar-refractivity contribution is 0.0381. The minimum Gasteiger partial charge on any atom is -0.496 e. The van der Waals surface area contributed by atoms with Crippen LogP contribution in [-0.2, 0) is 4.74 Å². The van der Waals surface area contributed by atoms with E-state index in [2.05, 4.69) is 14.9 Å². The fourth-order valence-corrected chi connectivity index (χ4v) is 3.58. The van der Waals surface area contributed by atoms with Crippen LogP contribution in [0.3, 0.4) is 0 Å². The molecule has 3 aromatic rings. The van der Waals surface area contributed by atoms with Crippen LogP contribution in [0.4, 0.5) is 5.82 Å². The smallest absolute Gasteiger partial charge is 0.162 e. The molecule has 28 heavy (non-hydrogen) atoms. The molecular formula is C21H23N3O4. The highest BCUT2D eigenvalue weighted by molar-refractivity contribution is 5.92. The largest absolute Gasteiger partial charge is 0.496 e. The summed E-state index contributed by atoms with van der Waals surface area (Å²) in [6.45, 7) is 2.01. The molecule has 0 amide bonds.